The van der Waals surface area contributed by atoms with Crippen molar-refractivity contribution in [3.05, 3.63) is 78.4 Å². The van der Waals surface area contributed by atoms with Crippen molar-refractivity contribution in [1.29, 1.82) is 0 Å². The van der Waals surface area contributed by atoms with Crippen LogP contribution < -0.4 is 9.64 Å². The second-order valence-corrected chi connectivity index (χ2v) is 5.21. The zero-order chi connectivity index (χ0) is 16.2. The van der Waals surface area contributed by atoms with E-state index in [2.05, 4.69) is 54.3 Å². The van der Waals surface area contributed by atoms with E-state index in [-0.39, 0.29) is 0 Å². The smallest absolute Gasteiger partial charge is 0.151 e. The predicted molar refractivity (Wildman–Crippen MR) is 97.3 cm³/mol. The van der Waals surface area contributed by atoms with Crippen LogP contribution in [0.3, 0.4) is 0 Å². The van der Waals surface area contributed by atoms with Crippen molar-refractivity contribution in [3.8, 4) is 11.5 Å². The van der Waals surface area contributed by atoms with Gasteiger partial charge in [-0.2, -0.15) is 0 Å². The van der Waals surface area contributed by atoms with Gasteiger partial charge in [0, 0.05) is 5.69 Å². The fourth-order valence-electron chi connectivity index (χ4n) is 2.72. The third-order valence-corrected chi connectivity index (χ3v) is 3.70. The lowest BCUT2D eigenvalue weighted by atomic mass is 10.1. The molecule has 1 heterocycles. The lowest BCUT2D eigenvalue weighted by Crippen LogP contribution is -2.15. The van der Waals surface area contributed by atoms with Gasteiger partial charge in [0.05, 0.1) is 11.4 Å². The van der Waals surface area contributed by atoms with Gasteiger partial charge in [0.1, 0.15) is 0 Å². The van der Waals surface area contributed by atoms with Crippen molar-refractivity contribution in [2.45, 2.75) is 20.8 Å². The topological polar surface area (TPSA) is 12.5 Å². The molecule has 0 spiro atoms. The third kappa shape index (κ3) is 2.80. The first-order chi connectivity index (χ1) is 11.3. The number of para-hydroxylation sites is 3. The van der Waals surface area contributed by atoms with Crippen LogP contribution in [0.5, 0.6) is 11.5 Å². The normalized spacial score (nSPS) is 11.5. The van der Waals surface area contributed by atoms with E-state index in [1.807, 2.05) is 44.2 Å². The monoisotopic (exact) mass is 303 g/mol. The maximum atomic E-state index is 6.04. The maximum absolute atomic E-state index is 6.04. The summed E-state index contributed by atoms with van der Waals surface area (Å²) < 4.78 is 6.04. The molecule has 0 bridgehead atoms. The highest BCUT2D eigenvalue weighted by atomic mass is 16.5. The van der Waals surface area contributed by atoms with Gasteiger partial charge in [0.15, 0.2) is 11.5 Å². The Labute approximate surface area is 138 Å². The number of hydrogen-bond donors (Lipinski definition) is 0. The zero-order valence-electron chi connectivity index (χ0n) is 13.8. The number of nitrogens with zero attached hydrogens (tertiary/aromatic N) is 1. The quantitative estimate of drug-likeness (QED) is 0.393. The molecule has 0 fully saturated rings. The minimum absolute atomic E-state index is 0.887. The molecule has 0 saturated carbocycles. The number of aryl methyl sites for hydroxylation is 1. The molecule has 3 aromatic carbocycles. The summed E-state index contributed by atoms with van der Waals surface area (Å²) in [5.41, 5.74) is 4.51. The Morgan fingerprint density at radius 2 is 1.35 bits per heavy atom. The van der Waals surface area contributed by atoms with Crippen molar-refractivity contribution < 1.29 is 4.74 Å². The van der Waals surface area contributed by atoms with E-state index >= 15 is 0 Å². The first kappa shape index (κ1) is 15.2. The van der Waals surface area contributed by atoms with Crippen molar-refractivity contribution in [2.24, 2.45) is 0 Å². The van der Waals surface area contributed by atoms with Gasteiger partial charge >= 0.3 is 0 Å². The van der Waals surface area contributed by atoms with Gasteiger partial charge < -0.3 is 9.64 Å². The van der Waals surface area contributed by atoms with Crippen LogP contribution in [0.4, 0.5) is 17.1 Å². The molecule has 23 heavy (non-hydrogen) atoms. The predicted octanol–water partition coefficient (Wildman–Crippen LogP) is 6.60. The highest BCUT2D eigenvalue weighted by molar-refractivity contribution is 5.86. The number of hydrogen-bond acceptors (Lipinski definition) is 2. The van der Waals surface area contributed by atoms with E-state index < -0.39 is 0 Å². The molecule has 1 aliphatic rings. The molecule has 0 saturated heterocycles. The van der Waals surface area contributed by atoms with Crippen LogP contribution in [0.15, 0.2) is 72.8 Å². The summed E-state index contributed by atoms with van der Waals surface area (Å²) in [6, 6.07) is 24.8. The molecule has 3 aromatic rings. The summed E-state index contributed by atoms with van der Waals surface area (Å²) in [5.74, 6) is 1.78. The Hall–Kier alpha value is -2.74. The number of fused-ring (bicyclic) bond motifs is 2. The molecular weight excluding hydrogens is 282 g/mol. The van der Waals surface area contributed by atoms with E-state index in [1.54, 1.807) is 0 Å². The standard InChI is InChI=1S/C19H15NO.C2H6/c1-14-11-12-19-17(13-14)20(15-7-3-2-4-8-15)16-9-5-6-10-18(16)21-19;1-2/h2-13H,1H3;1-2H3. The minimum Gasteiger partial charge on any atom is -0.453 e. The molecule has 0 radical (unpaired) electrons. The third-order valence-electron chi connectivity index (χ3n) is 3.70. The first-order valence-electron chi connectivity index (χ1n) is 8.06. The number of rotatable bonds is 1. The average molecular weight is 303 g/mol. The highest BCUT2D eigenvalue weighted by Gasteiger charge is 2.25. The lowest BCUT2D eigenvalue weighted by molar-refractivity contribution is 0.477. The SMILES string of the molecule is CC.Cc1ccc2c(c1)N(c1ccccc1)c1ccccc1O2. The van der Waals surface area contributed by atoms with Crippen LogP contribution in [0, 0.1) is 6.92 Å². The average Bonchev–Trinajstić information content (AvgIpc) is 2.62. The molecule has 0 atom stereocenters. The summed E-state index contributed by atoms with van der Waals surface area (Å²) in [7, 11) is 0. The summed E-state index contributed by atoms with van der Waals surface area (Å²) >= 11 is 0. The fraction of sp³-hybridized carbons (Fsp3) is 0.143. The Kier molecular flexibility index (Phi) is 4.33. The molecule has 0 aromatic heterocycles. The number of benzene rings is 3. The molecule has 1 aliphatic heterocycles. The van der Waals surface area contributed by atoms with Crippen molar-refractivity contribution in [2.75, 3.05) is 4.90 Å². The van der Waals surface area contributed by atoms with Gasteiger partial charge in [-0.3, -0.25) is 0 Å². The first-order valence-corrected chi connectivity index (χ1v) is 8.06. The highest BCUT2D eigenvalue weighted by Crippen LogP contribution is 2.50. The van der Waals surface area contributed by atoms with Gasteiger partial charge in [0.2, 0.25) is 0 Å². The summed E-state index contributed by atoms with van der Waals surface area (Å²) in [4.78, 5) is 2.25. The Morgan fingerprint density at radius 3 is 2.13 bits per heavy atom. The molecule has 0 aliphatic carbocycles. The zero-order valence-corrected chi connectivity index (χ0v) is 13.8. The van der Waals surface area contributed by atoms with Crippen LogP contribution in [0.25, 0.3) is 0 Å². The van der Waals surface area contributed by atoms with E-state index in [0.717, 1.165) is 28.6 Å². The van der Waals surface area contributed by atoms with E-state index in [1.165, 1.54) is 5.56 Å². The van der Waals surface area contributed by atoms with Crippen molar-refractivity contribution >= 4 is 17.1 Å². The van der Waals surface area contributed by atoms with Crippen LogP contribution in [0.1, 0.15) is 19.4 Å². The molecule has 116 valence electrons. The van der Waals surface area contributed by atoms with Gasteiger partial charge in [0.25, 0.3) is 0 Å². The largest absolute Gasteiger partial charge is 0.453 e. The van der Waals surface area contributed by atoms with Crippen LogP contribution in [-0.4, -0.2) is 0 Å². The van der Waals surface area contributed by atoms with Crippen molar-refractivity contribution in [3.63, 3.8) is 0 Å². The molecular formula is C21H21NO. The minimum atomic E-state index is 0.887. The van der Waals surface area contributed by atoms with Gasteiger partial charge in [-0.15, -0.1) is 0 Å². The second-order valence-electron chi connectivity index (χ2n) is 5.21. The van der Waals surface area contributed by atoms with Gasteiger partial charge in [-0.05, 0) is 48.9 Å². The molecule has 2 heteroatoms. The number of ether oxygens (including phenoxy) is 1. The lowest BCUT2D eigenvalue weighted by Gasteiger charge is -2.33. The Bertz CT molecular complexity index is 796. The van der Waals surface area contributed by atoms with Crippen LogP contribution in [-0.2, 0) is 0 Å². The van der Waals surface area contributed by atoms with Crippen molar-refractivity contribution in [1.82, 2.24) is 0 Å². The number of anilines is 3. The Balaban J connectivity index is 0.000000753. The van der Waals surface area contributed by atoms with E-state index in [0.29, 0.717) is 0 Å². The second kappa shape index (κ2) is 6.57. The summed E-state index contributed by atoms with van der Waals surface area (Å²) in [6.07, 6.45) is 0. The van der Waals surface area contributed by atoms with E-state index in [4.69, 9.17) is 4.74 Å². The van der Waals surface area contributed by atoms with E-state index in [9.17, 15) is 0 Å². The molecule has 2 nitrogen and oxygen atoms in total. The summed E-state index contributed by atoms with van der Waals surface area (Å²) in [5, 5.41) is 0. The molecule has 4 rings (SSSR count). The molecule has 0 amide bonds. The maximum Gasteiger partial charge on any atom is 0.151 e. The summed E-state index contributed by atoms with van der Waals surface area (Å²) in [6.45, 7) is 6.10. The molecule has 0 N–H and O–H groups in total. The van der Waals surface area contributed by atoms with Crippen LogP contribution >= 0.6 is 0 Å². The fourth-order valence-corrected chi connectivity index (χ4v) is 2.72. The molecule has 0 unspecified atom stereocenters. The van der Waals surface area contributed by atoms with Crippen LogP contribution in [0.2, 0.25) is 0 Å². The Morgan fingerprint density at radius 1 is 0.696 bits per heavy atom. The van der Waals surface area contributed by atoms with Gasteiger partial charge in [-0.25, -0.2) is 0 Å². The van der Waals surface area contributed by atoms with Gasteiger partial charge in [-0.1, -0.05) is 50.2 Å².